The van der Waals surface area contributed by atoms with Gasteiger partial charge in [-0.2, -0.15) is 0 Å². The molecule has 0 atom stereocenters. The Labute approximate surface area is 97.9 Å². The van der Waals surface area contributed by atoms with Gasteiger partial charge in [0, 0.05) is 19.6 Å². The summed E-state index contributed by atoms with van der Waals surface area (Å²) in [7, 11) is 0. The van der Waals surface area contributed by atoms with Crippen LogP contribution in [-0.4, -0.2) is 29.7 Å². The molecule has 0 radical (unpaired) electrons. The zero-order valence-electron chi connectivity index (χ0n) is 10.0. The number of nitrogens with two attached hydrogens (primary N) is 1. The van der Waals surface area contributed by atoms with Crippen LogP contribution in [0.25, 0.3) is 0 Å². The van der Waals surface area contributed by atoms with Gasteiger partial charge in [-0.1, -0.05) is 31.2 Å². The zero-order chi connectivity index (χ0) is 11.8. The summed E-state index contributed by atoms with van der Waals surface area (Å²) in [5, 5.41) is 9.00. The van der Waals surface area contributed by atoms with Crippen LogP contribution in [-0.2, 0) is 13.1 Å². The standard InChI is InChI=1S/C13H22N2O/c1-2-7-15(8-9-16)11-13-6-4-3-5-12(13)10-14/h3-6,16H,2,7-11,14H2,1H3. The van der Waals surface area contributed by atoms with Gasteiger partial charge < -0.3 is 10.8 Å². The minimum Gasteiger partial charge on any atom is -0.395 e. The fourth-order valence-corrected chi connectivity index (χ4v) is 1.88. The first-order valence-corrected chi connectivity index (χ1v) is 5.91. The van der Waals surface area contributed by atoms with Crippen LogP contribution >= 0.6 is 0 Å². The lowest BCUT2D eigenvalue weighted by Crippen LogP contribution is -2.27. The Morgan fingerprint density at radius 2 is 1.88 bits per heavy atom. The SMILES string of the molecule is CCCN(CCO)Cc1ccccc1CN. The van der Waals surface area contributed by atoms with E-state index in [4.69, 9.17) is 10.8 Å². The number of hydrogen-bond donors (Lipinski definition) is 2. The van der Waals surface area contributed by atoms with E-state index in [-0.39, 0.29) is 6.61 Å². The van der Waals surface area contributed by atoms with Crippen molar-refractivity contribution in [2.45, 2.75) is 26.4 Å². The van der Waals surface area contributed by atoms with Gasteiger partial charge in [-0.05, 0) is 24.1 Å². The highest BCUT2D eigenvalue weighted by Gasteiger charge is 2.06. The molecule has 0 fully saturated rings. The van der Waals surface area contributed by atoms with E-state index in [0.29, 0.717) is 6.54 Å². The van der Waals surface area contributed by atoms with Crippen LogP contribution < -0.4 is 5.73 Å². The predicted molar refractivity (Wildman–Crippen MR) is 67.0 cm³/mol. The number of benzene rings is 1. The van der Waals surface area contributed by atoms with Gasteiger partial charge in [0.25, 0.3) is 0 Å². The summed E-state index contributed by atoms with van der Waals surface area (Å²) in [6, 6.07) is 8.24. The molecule has 1 aromatic rings. The number of aliphatic hydroxyl groups is 1. The Kier molecular flexibility index (Phi) is 6.08. The molecule has 0 aliphatic heterocycles. The summed E-state index contributed by atoms with van der Waals surface area (Å²) in [5.41, 5.74) is 8.17. The lowest BCUT2D eigenvalue weighted by molar-refractivity contribution is 0.190. The van der Waals surface area contributed by atoms with Crippen molar-refractivity contribution >= 4 is 0 Å². The van der Waals surface area contributed by atoms with Gasteiger partial charge in [0.1, 0.15) is 0 Å². The first kappa shape index (κ1) is 13.2. The highest BCUT2D eigenvalue weighted by Crippen LogP contribution is 2.11. The molecule has 0 saturated carbocycles. The first-order chi connectivity index (χ1) is 7.81. The zero-order valence-corrected chi connectivity index (χ0v) is 10.0. The van der Waals surface area contributed by atoms with Crippen molar-refractivity contribution in [3.63, 3.8) is 0 Å². The highest BCUT2D eigenvalue weighted by atomic mass is 16.3. The third kappa shape index (κ3) is 3.93. The van der Waals surface area contributed by atoms with Crippen molar-refractivity contribution in [1.82, 2.24) is 4.90 Å². The van der Waals surface area contributed by atoms with Gasteiger partial charge >= 0.3 is 0 Å². The minimum atomic E-state index is 0.213. The molecule has 0 aliphatic rings. The molecule has 3 nitrogen and oxygen atoms in total. The molecule has 16 heavy (non-hydrogen) atoms. The van der Waals surface area contributed by atoms with E-state index in [1.54, 1.807) is 0 Å². The van der Waals surface area contributed by atoms with Gasteiger partial charge in [-0.25, -0.2) is 0 Å². The summed E-state index contributed by atoms with van der Waals surface area (Å²) < 4.78 is 0. The van der Waals surface area contributed by atoms with Crippen molar-refractivity contribution in [2.24, 2.45) is 5.73 Å². The number of rotatable bonds is 7. The maximum absolute atomic E-state index is 9.00. The van der Waals surface area contributed by atoms with Crippen LogP contribution in [0.3, 0.4) is 0 Å². The average molecular weight is 222 g/mol. The van der Waals surface area contributed by atoms with Gasteiger partial charge in [-0.3, -0.25) is 4.90 Å². The fraction of sp³-hybridized carbons (Fsp3) is 0.538. The maximum Gasteiger partial charge on any atom is 0.0558 e. The van der Waals surface area contributed by atoms with E-state index in [0.717, 1.165) is 26.1 Å². The normalized spacial score (nSPS) is 11.0. The summed E-state index contributed by atoms with van der Waals surface area (Å²) in [6.07, 6.45) is 1.10. The summed E-state index contributed by atoms with van der Waals surface area (Å²) in [5.74, 6) is 0. The molecule has 90 valence electrons. The predicted octanol–water partition coefficient (Wildman–Crippen LogP) is 1.35. The lowest BCUT2D eigenvalue weighted by Gasteiger charge is -2.21. The molecular weight excluding hydrogens is 200 g/mol. The molecular formula is C13H22N2O. The molecule has 0 heterocycles. The lowest BCUT2D eigenvalue weighted by atomic mass is 10.1. The Morgan fingerprint density at radius 3 is 2.44 bits per heavy atom. The molecule has 0 spiro atoms. The Bertz CT molecular complexity index is 296. The van der Waals surface area contributed by atoms with Crippen molar-refractivity contribution in [3.05, 3.63) is 35.4 Å². The molecule has 0 bridgehead atoms. The van der Waals surface area contributed by atoms with Crippen LogP contribution in [0, 0.1) is 0 Å². The van der Waals surface area contributed by atoms with E-state index < -0.39 is 0 Å². The topological polar surface area (TPSA) is 49.5 Å². The van der Waals surface area contributed by atoms with Crippen LogP contribution in [0.2, 0.25) is 0 Å². The second-order valence-corrected chi connectivity index (χ2v) is 3.97. The van der Waals surface area contributed by atoms with Crippen LogP contribution in [0.5, 0.6) is 0 Å². The molecule has 0 unspecified atom stereocenters. The van der Waals surface area contributed by atoms with Crippen molar-refractivity contribution < 1.29 is 5.11 Å². The van der Waals surface area contributed by atoms with E-state index in [1.165, 1.54) is 11.1 Å². The third-order valence-corrected chi connectivity index (χ3v) is 2.69. The quantitative estimate of drug-likeness (QED) is 0.732. The van der Waals surface area contributed by atoms with Gasteiger partial charge in [0.15, 0.2) is 0 Å². The molecule has 0 amide bonds. The molecule has 0 aliphatic carbocycles. The van der Waals surface area contributed by atoms with Crippen LogP contribution in [0.15, 0.2) is 24.3 Å². The van der Waals surface area contributed by atoms with Crippen molar-refractivity contribution in [2.75, 3.05) is 19.7 Å². The largest absolute Gasteiger partial charge is 0.395 e. The molecule has 3 heteroatoms. The Hall–Kier alpha value is -0.900. The molecule has 3 N–H and O–H groups in total. The number of hydrogen-bond acceptors (Lipinski definition) is 3. The number of nitrogens with zero attached hydrogens (tertiary/aromatic N) is 1. The monoisotopic (exact) mass is 222 g/mol. The third-order valence-electron chi connectivity index (χ3n) is 2.69. The van der Waals surface area contributed by atoms with E-state index in [9.17, 15) is 0 Å². The Morgan fingerprint density at radius 1 is 1.19 bits per heavy atom. The van der Waals surface area contributed by atoms with Gasteiger partial charge in [0.2, 0.25) is 0 Å². The Balaban J connectivity index is 2.67. The summed E-state index contributed by atoms with van der Waals surface area (Å²) in [4.78, 5) is 2.26. The average Bonchev–Trinajstić information content (AvgIpc) is 2.30. The van der Waals surface area contributed by atoms with Crippen LogP contribution in [0.1, 0.15) is 24.5 Å². The van der Waals surface area contributed by atoms with Crippen molar-refractivity contribution in [1.29, 1.82) is 0 Å². The fourth-order valence-electron chi connectivity index (χ4n) is 1.88. The summed E-state index contributed by atoms with van der Waals surface area (Å²) in [6.45, 7) is 5.56. The number of aliphatic hydroxyl groups excluding tert-OH is 1. The van der Waals surface area contributed by atoms with E-state index in [2.05, 4.69) is 24.0 Å². The van der Waals surface area contributed by atoms with Gasteiger partial charge in [0.05, 0.1) is 6.61 Å². The summed E-state index contributed by atoms with van der Waals surface area (Å²) >= 11 is 0. The molecule has 1 rings (SSSR count). The molecule has 1 aromatic carbocycles. The highest BCUT2D eigenvalue weighted by molar-refractivity contribution is 5.26. The van der Waals surface area contributed by atoms with E-state index >= 15 is 0 Å². The van der Waals surface area contributed by atoms with Crippen LogP contribution in [0.4, 0.5) is 0 Å². The van der Waals surface area contributed by atoms with Crippen molar-refractivity contribution in [3.8, 4) is 0 Å². The molecule has 0 saturated heterocycles. The van der Waals surface area contributed by atoms with E-state index in [1.807, 2.05) is 12.1 Å². The maximum atomic E-state index is 9.00. The second-order valence-electron chi connectivity index (χ2n) is 3.97. The van der Waals surface area contributed by atoms with Gasteiger partial charge in [-0.15, -0.1) is 0 Å². The minimum absolute atomic E-state index is 0.213. The molecule has 0 aromatic heterocycles. The smallest absolute Gasteiger partial charge is 0.0558 e. The first-order valence-electron chi connectivity index (χ1n) is 5.91. The second kappa shape index (κ2) is 7.39.